The van der Waals surface area contributed by atoms with Crippen molar-refractivity contribution in [2.45, 2.75) is 51.8 Å². The molecule has 0 radical (unpaired) electrons. The summed E-state index contributed by atoms with van der Waals surface area (Å²) >= 11 is 0. The van der Waals surface area contributed by atoms with Gasteiger partial charge in [0.2, 0.25) is 11.6 Å². The number of pyridine rings is 1. The van der Waals surface area contributed by atoms with E-state index in [1.165, 1.54) is 35.4 Å². The van der Waals surface area contributed by atoms with E-state index in [0.717, 1.165) is 68.8 Å². The summed E-state index contributed by atoms with van der Waals surface area (Å²) in [5.41, 5.74) is 4.49. The van der Waals surface area contributed by atoms with Crippen LogP contribution in [0.3, 0.4) is 0 Å². The van der Waals surface area contributed by atoms with Crippen LogP contribution in [0.4, 0.5) is 13.2 Å². The number of carbonyl (C=O) groups is 4. The van der Waals surface area contributed by atoms with Crippen molar-refractivity contribution in [3.8, 4) is 23.4 Å². The number of halogens is 3. The van der Waals surface area contributed by atoms with Crippen molar-refractivity contribution in [2.75, 3.05) is 159 Å². The fourth-order valence-electron chi connectivity index (χ4n) is 10.5. The molecule has 7 heterocycles. The summed E-state index contributed by atoms with van der Waals surface area (Å²) in [7, 11) is 1.44. The van der Waals surface area contributed by atoms with Gasteiger partial charge in [0.1, 0.15) is 29.4 Å². The van der Waals surface area contributed by atoms with Gasteiger partial charge in [-0.3, -0.25) is 24.1 Å². The van der Waals surface area contributed by atoms with E-state index in [1.54, 1.807) is 23.3 Å². The van der Waals surface area contributed by atoms with Crippen LogP contribution in [0, 0.1) is 28.8 Å². The number of fused-ring (bicyclic) bond motifs is 1. The standard InChI is InChI=1S/C66H80F3N15O14/c1-89-56-42-74-64(60-59(56)53(41-73-60)61(86)66(88)82-13-9-49(10-14-82)52(38-70)48-7-3-2-4-8-48)84-46-76-63(78-84)65(87)75-43-57-71-39-47(40-72-57)6-5-12-80-15-17-81(18-16-80)19-22-91-25-28-94-32-33-96-34-35-97-45-51-44-83(79-77-51)20-23-92-26-29-95-31-30-93-27-24-90-21-11-58(85)98-62-54(68)36-50(67)37-55(62)69/h2-4,7-8,36-37,39-42,44,46,73H,5-6,9-35,43,45H2,1H3,(H,75,87). The third-order valence-corrected chi connectivity index (χ3v) is 15.7. The van der Waals surface area contributed by atoms with Gasteiger partial charge in [0.05, 0.1) is 173 Å². The molecule has 0 saturated carbocycles. The molecule has 0 aliphatic carbocycles. The average Bonchev–Trinajstić information content (AvgIpc) is 1.59. The number of piperidine rings is 1. The molecule has 2 aromatic carbocycles. The van der Waals surface area contributed by atoms with E-state index in [9.17, 15) is 37.6 Å². The molecule has 2 N–H and O–H groups in total. The van der Waals surface area contributed by atoms with Crippen molar-refractivity contribution < 1.29 is 79.7 Å². The van der Waals surface area contributed by atoms with Crippen molar-refractivity contribution in [3.05, 3.63) is 137 Å². The number of nitrogens with zero attached hydrogens (tertiary/aromatic N) is 13. The number of benzene rings is 2. The lowest BCUT2D eigenvalue weighted by molar-refractivity contribution is -0.136. The molecular weight excluding hydrogens is 1280 g/mol. The maximum atomic E-state index is 13.8. The molecule has 0 unspecified atom stereocenters. The Kier molecular flexibility index (Phi) is 29.4. The number of hydrogen-bond donors (Lipinski definition) is 2. The van der Waals surface area contributed by atoms with E-state index in [-0.39, 0.29) is 68.8 Å². The first-order chi connectivity index (χ1) is 47.9. The highest BCUT2D eigenvalue weighted by molar-refractivity contribution is 6.45. The number of ketones is 1. The number of Topliss-reactive ketones (excluding diaryl/α,β-unsaturated/α-hetero) is 1. The molecule has 0 bridgehead atoms. The number of aromatic nitrogens is 10. The summed E-state index contributed by atoms with van der Waals surface area (Å²) in [6, 6.07) is 12.6. The highest BCUT2D eigenvalue weighted by Crippen LogP contribution is 2.33. The number of esters is 1. The van der Waals surface area contributed by atoms with Crippen molar-refractivity contribution in [3.63, 3.8) is 0 Å². The fourth-order valence-corrected chi connectivity index (χ4v) is 10.5. The molecule has 2 aliphatic rings. The van der Waals surface area contributed by atoms with Crippen LogP contribution in [0.5, 0.6) is 11.5 Å². The lowest BCUT2D eigenvalue weighted by Gasteiger charge is -2.34. The number of nitriles is 1. The van der Waals surface area contributed by atoms with Gasteiger partial charge in [-0.25, -0.2) is 37.8 Å². The van der Waals surface area contributed by atoms with E-state index in [4.69, 9.17) is 42.6 Å². The Morgan fingerprint density at radius 3 is 1.93 bits per heavy atom. The SMILES string of the molecule is COc1cnc(-n2cnc(C(=O)NCc3ncc(CCCN4CCN(CCOCCOCCOCCOCc5cn(CCOCCOCCOCCOCCC(=O)Oc6c(F)cc(F)cc6F)nn5)CC4)cn3)n2)c2[nH]cc(C(=O)C(=O)N3CCC(=C(C#N)c4ccccc4)CC3)c12. The number of H-pyrrole nitrogens is 1. The number of allylic oxidation sites excluding steroid dienone is 1. The number of amides is 2. The first-order valence-electron chi connectivity index (χ1n) is 32.3. The zero-order valence-corrected chi connectivity index (χ0v) is 54.6. The molecule has 524 valence electrons. The van der Waals surface area contributed by atoms with Gasteiger partial charge in [0.15, 0.2) is 17.5 Å². The third-order valence-electron chi connectivity index (χ3n) is 15.7. The zero-order valence-electron chi connectivity index (χ0n) is 54.6. The van der Waals surface area contributed by atoms with Crippen LogP contribution in [-0.4, -0.2) is 247 Å². The Hall–Kier alpha value is -9.01. The fraction of sp³-hybridized carbons (Fsp3) is 0.485. The van der Waals surface area contributed by atoms with Crippen LogP contribution >= 0.6 is 0 Å². The highest BCUT2D eigenvalue weighted by atomic mass is 19.1. The minimum Gasteiger partial charge on any atom is -0.494 e. The van der Waals surface area contributed by atoms with E-state index < -0.39 is 46.8 Å². The van der Waals surface area contributed by atoms with Crippen LogP contribution in [0.1, 0.15) is 69.3 Å². The van der Waals surface area contributed by atoms with Gasteiger partial charge in [0, 0.05) is 76.5 Å². The lowest BCUT2D eigenvalue weighted by Crippen LogP contribution is -2.47. The Balaban J connectivity index is 0.534. The van der Waals surface area contributed by atoms with E-state index >= 15 is 0 Å². The Morgan fingerprint density at radius 2 is 1.30 bits per heavy atom. The molecule has 2 saturated heterocycles. The molecule has 0 atom stereocenters. The first-order valence-corrected chi connectivity index (χ1v) is 32.3. The van der Waals surface area contributed by atoms with Gasteiger partial charge < -0.3 is 67.5 Å². The van der Waals surface area contributed by atoms with Gasteiger partial charge in [-0.2, -0.15) is 9.94 Å². The molecule has 2 aliphatic heterocycles. The van der Waals surface area contributed by atoms with Crippen molar-refractivity contribution in [1.29, 1.82) is 5.26 Å². The summed E-state index contributed by atoms with van der Waals surface area (Å²) < 4.78 is 97.9. The normalized spacial score (nSPS) is 13.7. The molecule has 98 heavy (non-hydrogen) atoms. The number of likely N-dealkylation sites (tertiary alicyclic amines) is 1. The highest BCUT2D eigenvalue weighted by Gasteiger charge is 2.31. The molecule has 2 fully saturated rings. The number of methoxy groups -OCH3 is 1. The van der Waals surface area contributed by atoms with Crippen molar-refractivity contribution >= 4 is 40.0 Å². The number of hydrogen-bond acceptors (Lipinski definition) is 24. The number of aryl methyl sites for hydroxylation is 1. The summed E-state index contributed by atoms with van der Waals surface area (Å²) in [4.78, 5) is 79.5. The average molecular weight is 1360 g/mol. The van der Waals surface area contributed by atoms with Gasteiger partial charge in [0.25, 0.3) is 17.6 Å². The molecule has 0 spiro atoms. The van der Waals surface area contributed by atoms with Crippen molar-refractivity contribution in [2.24, 2.45) is 0 Å². The maximum absolute atomic E-state index is 13.8. The number of piperazine rings is 1. The second-order valence-electron chi connectivity index (χ2n) is 22.4. The summed E-state index contributed by atoms with van der Waals surface area (Å²) in [5.74, 6) is -6.80. The summed E-state index contributed by atoms with van der Waals surface area (Å²) in [5, 5.41) is 25.6. The van der Waals surface area contributed by atoms with Crippen LogP contribution in [-0.2, 0) is 73.6 Å². The van der Waals surface area contributed by atoms with E-state index in [2.05, 4.69) is 66.3 Å². The van der Waals surface area contributed by atoms with Crippen molar-refractivity contribution in [1.82, 2.24) is 69.7 Å². The number of rotatable bonds is 42. The maximum Gasteiger partial charge on any atom is 0.313 e. The van der Waals surface area contributed by atoms with Crippen LogP contribution in [0.25, 0.3) is 22.3 Å². The Bertz CT molecular complexity index is 3720. The number of carbonyl (C=O) groups excluding carboxylic acids is 4. The van der Waals surface area contributed by atoms with Crippen LogP contribution in [0.2, 0.25) is 0 Å². The van der Waals surface area contributed by atoms with Gasteiger partial charge in [-0.1, -0.05) is 35.5 Å². The molecule has 5 aromatic heterocycles. The quantitative estimate of drug-likeness (QED) is 0.0132. The van der Waals surface area contributed by atoms with Gasteiger partial charge >= 0.3 is 5.97 Å². The van der Waals surface area contributed by atoms with E-state index in [1.807, 2.05) is 30.3 Å². The molecular formula is C66H80F3N15O14. The summed E-state index contributed by atoms with van der Waals surface area (Å²) in [6.45, 7) is 12.7. The zero-order chi connectivity index (χ0) is 68.7. The molecule has 29 nitrogen and oxygen atoms in total. The topological polar surface area (TPSA) is 322 Å². The van der Waals surface area contributed by atoms with Gasteiger partial charge in [-0.05, 0) is 48.9 Å². The number of ether oxygens (including phenoxy) is 10. The second-order valence-corrected chi connectivity index (χ2v) is 22.4. The third kappa shape index (κ3) is 22.5. The molecule has 7 aromatic rings. The lowest BCUT2D eigenvalue weighted by atomic mass is 9.93. The van der Waals surface area contributed by atoms with Crippen LogP contribution in [0.15, 0.2) is 85.3 Å². The number of aromatic amines is 1. The largest absolute Gasteiger partial charge is 0.494 e. The number of nitrogens with one attached hydrogen (secondary N) is 2. The summed E-state index contributed by atoms with van der Waals surface area (Å²) in [6.07, 6.45) is 12.0. The van der Waals surface area contributed by atoms with Gasteiger partial charge in [-0.15, -0.1) is 10.2 Å². The predicted molar refractivity (Wildman–Crippen MR) is 343 cm³/mol. The predicted octanol–water partition coefficient (Wildman–Crippen LogP) is 4.54. The molecule has 2 amide bonds. The molecule has 9 rings (SSSR count). The van der Waals surface area contributed by atoms with Crippen LogP contribution < -0.4 is 14.8 Å². The Morgan fingerprint density at radius 1 is 0.694 bits per heavy atom. The minimum atomic E-state index is -1.31. The minimum absolute atomic E-state index is 0.0490. The first kappa shape index (κ1) is 73.2. The van der Waals surface area contributed by atoms with E-state index in [0.29, 0.717) is 145 Å². The monoisotopic (exact) mass is 1360 g/mol. The second kappa shape index (κ2) is 39.4. The smallest absolute Gasteiger partial charge is 0.313 e. The molecule has 32 heteroatoms. The Labute approximate surface area is 563 Å².